The number of nitrogens with zero attached hydrogens (tertiary/aromatic N) is 2. The Morgan fingerprint density at radius 3 is 2.44 bits per heavy atom. The number of nitro benzene ring substituents is 1. The topological polar surface area (TPSA) is 75.5 Å². The molecule has 0 bridgehead atoms. The van der Waals surface area contributed by atoms with E-state index in [2.05, 4.69) is 5.32 Å². The second kappa shape index (κ2) is 7.90. The van der Waals surface area contributed by atoms with Crippen molar-refractivity contribution in [2.45, 2.75) is 27.3 Å². The van der Waals surface area contributed by atoms with Gasteiger partial charge in [-0.2, -0.15) is 0 Å². The molecule has 2 rings (SSSR count). The van der Waals surface area contributed by atoms with E-state index in [4.69, 9.17) is 0 Å². The van der Waals surface area contributed by atoms with Crippen LogP contribution in [0.5, 0.6) is 0 Å². The van der Waals surface area contributed by atoms with Crippen molar-refractivity contribution in [3.05, 3.63) is 68.8 Å². The molecule has 0 aliphatic carbocycles. The van der Waals surface area contributed by atoms with E-state index in [0.717, 1.165) is 11.1 Å². The van der Waals surface area contributed by atoms with Crippen LogP contribution in [0.15, 0.2) is 36.4 Å². The summed E-state index contributed by atoms with van der Waals surface area (Å²) in [4.78, 5) is 25.0. The zero-order valence-corrected chi connectivity index (χ0v) is 15.0. The Morgan fingerprint density at radius 1 is 1.12 bits per heavy atom. The lowest BCUT2D eigenvalue weighted by atomic mass is 10.1. The molecular weight excluding hydrogens is 318 g/mol. The van der Waals surface area contributed by atoms with Gasteiger partial charge in [0.2, 0.25) is 5.91 Å². The first-order valence-electron chi connectivity index (χ1n) is 8.07. The zero-order valence-electron chi connectivity index (χ0n) is 15.0. The van der Waals surface area contributed by atoms with Gasteiger partial charge in [-0.15, -0.1) is 0 Å². The minimum atomic E-state index is -0.473. The molecule has 2 aromatic rings. The highest BCUT2D eigenvalue weighted by atomic mass is 16.6. The molecule has 0 aliphatic heterocycles. The number of nitro groups is 1. The fourth-order valence-electron chi connectivity index (χ4n) is 2.67. The van der Waals surface area contributed by atoms with E-state index in [9.17, 15) is 14.9 Å². The van der Waals surface area contributed by atoms with E-state index in [0.29, 0.717) is 12.1 Å². The highest BCUT2D eigenvalue weighted by Gasteiger charge is 2.20. The molecule has 25 heavy (non-hydrogen) atoms. The van der Waals surface area contributed by atoms with Gasteiger partial charge in [0, 0.05) is 12.6 Å². The maximum absolute atomic E-state index is 12.4. The highest BCUT2D eigenvalue weighted by Crippen LogP contribution is 2.30. The fourth-order valence-corrected chi connectivity index (χ4v) is 2.67. The van der Waals surface area contributed by atoms with Gasteiger partial charge in [-0.1, -0.05) is 30.3 Å². The van der Waals surface area contributed by atoms with Gasteiger partial charge < -0.3 is 5.32 Å². The zero-order chi connectivity index (χ0) is 18.6. The monoisotopic (exact) mass is 341 g/mol. The molecule has 0 saturated carbocycles. The smallest absolute Gasteiger partial charge is 0.293 e. The van der Waals surface area contributed by atoms with Crippen molar-refractivity contribution < 1.29 is 9.72 Å². The first-order valence-corrected chi connectivity index (χ1v) is 8.07. The minimum Gasteiger partial charge on any atom is -0.319 e. The number of amides is 1. The molecule has 0 fully saturated rings. The predicted octanol–water partition coefficient (Wildman–Crippen LogP) is 3.59. The van der Waals surface area contributed by atoms with Crippen LogP contribution >= 0.6 is 0 Å². The lowest BCUT2D eigenvalue weighted by Crippen LogP contribution is -2.30. The SMILES string of the molecule is Cc1ccccc1CN(C)CC(=O)Nc1c([N+](=O)[O-])ccc(C)c1C. The van der Waals surface area contributed by atoms with Crippen LogP contribution in [0, 0.1) is 30.9 Å². The number of nitrogens with one attached hydrogen (secondary N) is 1. The van der Waals surface area contributed by atoms with Crippen molar-refractivity contribution in [2.75, 3.05) is 18.9 Å². The molecule has 0 spiro atoms. The van der Waals surface area contributed by atoms with E-state index in [1.807, 2.05) is 50.1 Å². The Morgan fingerprint density at radius 2 is 1.80 bits per heavy atom. The Bertz CT molecular complexity index is 802. The quantitative estimate of drug-likeness (QED) is 0.643. The van der Waals surface area contributed by atoms with Crippen molar-refractivity contribution in [2.24, 2.45) is 0 Å². The van der Waals surface area contributed by atoms with Crippen molar-refractivity contribution in [1.29, 1.82) is 0 Å². The van der Waals surface area contributed by atoms with Gasteiger partial charge in [-0.25, -0.2) is 0 Å². The molecule has 6 heteroatoms. The van der Waals surface area contributed by atoms with Gasteiger partial charge in [-0.05, 0) is 50.1 Å². The average Bonchev–Trinajstić information content (AvgIpc) is 2.53. The van der Waals surface area contributed by atoms with E-state index in [1.165, 1.54) is 11.6 Å². The van der Waals surface area contributed by atoms with Crippen LogP contribution in [0.1, 0.15) is 22.3 Å². The lowest BCUT2D eigenvalue weighted by molar-refractivity contribution is -0.384. The van der Waals surface area contributed by atoms with E-state index < -0.39 is 4.92 Å². The van der Waals surface area contributed by atoms with Crippen molar-refractivity contribution >= 4 is 17.3 Å². The predicted molar refractivity (Wildman–Crippen MR) is 98.7 cm³/mol. The Hall–Kier alpha value is -2.73. The molecule has 1 N–H and O–H groups in total. The van der Waals surface area contributed by atoms with Gasteiger partial charge in [0.15, 0.2) is 0 Å². The molecule has 0 aromatic heterocycles. The molecule has 2 aromatic carbocycles. The van der Waals surface area contributed by atoms with Crippen LogP contribution in [0.25, 0.3) is 0 Å². The molecule has 1 amide bonds. The number of rotatable bonds is 6. The lowest BCUT2D eigenvalue weighted by Gasteiger charge is -2.18. The van der Waals surface area contributed by atoms with E-state index >= 15 is 0 Å². The Kier molecular flexibility index (Phi) is 5.88. The number of aryl methyl sites for hydroxylation is 2. The van der Waals surface area contributed by atoms with Gasteiger partial charge >= 0.3 is 0 Å². The number of carbonyl (C=O) groups excluding carboxylic acids is 1. The second-order valence-electron chi connectivity index (χ2n) is 6.31. The van der Waals surface area contributed by atoms with Gasteiger partial charge in [0.1, 0.15) is 5.69 Å². The Balaban J connectivity index is 2.09. The molecule has 0 aliphatic rings. The molecule has 0 atom stereocenters. The standard InChI is InChI=1S/C19H23N3O3/c1-13-9-10-17(22(24)25)19(15(13)3)20-18(23)12-21(4)11-16-8-6-5-7-14(16)2/h5-10H,11-12H2,1-4H3,(H,20,23). The summed E-state index contributed by atoms with van der Waals surface area (Å²) in [5, 5.41) is 13.9. The first-order chi connectivity index (χ1) is 11.8. The van der Waals surface area contributed by atoms with E-state index in [1.54, 1.807) is 13.0 Å². The second-order valence-corrected chi connectivity index (χ2v) is 6.31. The van der Waals surface area contributed by atoms with Gasteiger partial charge in [0.05, 0.1) is 11.5 Å². The molecule has 0 radical (unpaired) electrons. The minimum absolute atomic E-state index is 0.0852. The summed E-state index contributed by atoms with van der Waals surface area (Å²) in [5.74, 6) is -0.270. The van der Waals surface area contributed by atoms with Crippen LogP contribution < -0.4 is 5.32 Å². The summed E-state index contributed by atoms with van der Waals surface area (Å²) in [7, 11) is 1.85. The largest absolute Gasteiger partial charge is 0.319 e. The summed E-state index contributed by atoms with van der Waals surface area (Å²) >= 11 is 0. The third-order valence-electron chi connectivity index (χ3n) is 4.29. The molecule has 0 saturated heterocycles. The summed E-state index contributed by atoms with van der Waals surface area (Å²) in [6.07, 6.45) is 0. The molecule has 132 valence electrons. The third kappa shape index (κ3) is 4.64. The Labute approximate surface area is 147 Å². The van der Waals surface area contributed by atoms with Crippen LogP contribution in [0.4, 0.5) is 11.4 Å². The van der Waals surface area contributed by atoms with Crippen LogP contribution in [0.2, 0.25) is 0 Å². The fraction of sp³-hybridized carbons (Fsp3) is 0.316. The van der Waals surface area contributed by atoms with Crippen molar-refractivity contribution in [1.82, 2.24) is 4.90 Å². The van der Waals surface area contributed by atoms with Gasteiger partial charge in [-0.3, -0.25) is 19.8 Å². The van der Waals surface area contributed by atoms with Crippen LogP contribution in [-0.4, -0.2) is 29.3 Å². The van der Waals surface area contributed by atoms with Crippen LogP contribution in [0.3, 0.4) is 0 Å². The summed E-state index contributed by atoms with van der Waals surface area (Å²) in [6.45, 7) is 6.45. The number of carbonyl (C=O) groups is 1. The van der Waals surface area contributed by atoms with E-state index in [-0.39, 0.29) is 23.8 Å². The summed E-state index contributed by atoms with van der Waals surface area (Å²) in [5.41, 5.74) is 4.12. The average molecular weight is 341 g/mol. The third-order valence-corrected chi connectivity index (χ3v) is 4.29. The normalized spacial score (nSPS) is 10.8. The molecule has 0 unspecified atom stereocenters. The summed E-state index contributed by atoms with van der Waals surface area (Å²) < 4.78 is 0. The molecular formula is C19H23N3O3. The van der Waals surface area contributed by atoms with Crippen LogP contribution in [-0.2, 0) is 11.3 Å². The number of anilines is 1. The highest BCUT2D eigenvalue weighted by molar-refractivity contribution is 5.95. The van der Waals surface area contributed by atoms with Crippen molar-refractivity contribution in [3.63, 3.8) is 0 Å². The van der Waals surface area contributed by atoms with Gasteiger partial charge in [0.25, 0.3) is 5.69 Å². The number of hydrogen-bond donors (Lipinski definition) is 1. The maximum Gasteiger partial charge on any atom is 0.293 e. The van der Waals surface area contributed by atoms with Crippen molar-refractivity contribution in [3.8, 4) is 0 Å². The number of benzene rings is 2. The maximum atomic E-state index is 12.4. The molecule has 0 heterocycles. The number of likely N-dealkylation sites (N-methyl/N-ethyl adjacent to an activating group) is 1. The number of hydrogen-bond acceptors (Lipinski definition) is 4. The first kappa shape index (κ1) is 18.6. The molecule has 6 nitrogen and oxygen atoms in total. The summed E-state index contributed by atoms with van der Waals surface area (Å²) in [6, 6.07) is 11.1.